The highest BCUT2D eigenvalue weighted by atomic mass is 19.1. The molecule has 1 aromatic rings. The van der Waals surface area contributed by atoms with Gasteiger partial charge in [-0.1, -0.05) is 0 Å². The normalized spacial score (nSPS) is 15.4. The second-order valence-corrected chi connectivity index (χ2v) is 3.69. The molecule has 1 heterocycles. The largest absolute Gasteiger partial charge is 0.489 e. The lowest BCUT2D eigenvalue weighted by Gasteiger charge is -2.12. The van der Waals surface area contributed by atoms with Gasteiger partial charge in [0.1, 0.15) is 5.75 Å². The zero-order valence-corrected chi connectivity index (χ0v) is 8.33. The average molecular weight is 196 g/mol. The predicted molar refractivity (Wildman–Crippen MR) is 52.2 cm³/mol. The SMILES string of the molecule is CN(C)c1ncc(OC2CC2)cc1F. The number of pyridine rings is 1. The minimum atomic E-state index is -0.340. The lowest BCUT2D eigenvalue weighted by molar-refractivity contribution is 0.300. The van der Waals surface area contributed by atoms with Crippen molar-refractivity contribution in [2.24, 2.45) is 0 Å². The van der Waals surface area contributed by atoms with Crippen molar-refractivity contribution in [2.45, 2.75) is 18.9 Å². The second kappa shape index (κ2) is 3.44. The molecule has 1 fully saturated rings. The maximum absolute atomic E-state index is 13.4. The quantitative estimate of drug-likeness (QED) is 0.737. The molecule has 0 amide bonds. The molecule has 4 heteroatoms. The number of ether oxygens (including phenoxy) is 1. The topological polar surface area (TPSA) is 25.4 Å². The van der Waals surface area contributed by atoms with E-state index in [4.69, 9.17) is 4.74 Å². The van der Waals surface area contributed by atoms with Crippen LogP contribution in [0.3, 0.4) is 0 Å². The van der Waals surface area contributed by atoms with Gasteiger partial charge < -0.3 is 9.64 Å². The maximum Gasteiger partial charge on any atom is 0.169 e. The third-order valence-electron chi connectivity index (χ3n) is 2.05. The third kappa shape index (κ3) is 1.95. The van der Waals surface area contributed by atoms with Gasteiger partial charge in [0.2, 0.25) is 0 Å². The lowest BCUT2D eigenvalue weighted by atomic mass is 10.4. The fourth-order valence-corrected chi connectivity index (χ4v) is 1.19. The van der Waals surface area contributed by atoms with Crippen LogP contribution in [0, 0.1) is 5.82 Å². The number of hydrogen-bond donors (Lipinski definition) is 0. The van der Waals surface area contributed by atoms with E-state index in [1.165, 1.54) is 6.07 Å². The Morgan fingerprint density at radius 3 is 2.71 bits per heavy atom. The molecule has 14 heavy (non-hydrogen) atoms. The Kier molecular flexibility index (Phi) is 2.27. The number of hydrogen-bond acceptors (Lipinski definition) is 3. The molecule has 1 aromatic heterocycles. The van der Waals surface area contributed by atoms with Gasteiger partial charge in [-0.05, 0) is 12.8 Å². The first-order chi connectivity index (χ1) is 6.66. The van der Waals surface area contributed by atoms with Gasteiger partial charge in [0.15, 0.2) is 11.6 Å². The van der Waals surface area contributed by atoms with Crippen molar-refractivity contribution < 1.29 is 9.13 Å². The monoisotopic (exact) mass is 196 g/mol. The van der Waals surface area contributed by atoms with E-state index in [0.29, 0.717) is 11.6 Å². The van der Waals surface area contributed by atoms with Crippen LogP contribution in [0.2, 0.25) is 0 Å². The van der Waals surface area contributed by atoms with Crippen molar-refractivity contribution in [2.75, 3.05) is 19.0 Å². The molecule has 0 N–H and O–H groups in total. The molecule has 0 aliphatic heterocycles. The summed E-state index contributed by atoms with van der Waals surface area (Å²) in [6.07, 6.45) is 3.98. The molecule has 0 aromatic carbocycles. The van der Waals surface area contributed by atoms with Gasteiger partial charge in [-0.15, -0.1) is 0 Å². The van der Waals surface area contributed by atoms with Crippen molar-refractivity contribution in [1.82, 2.24) is 4.98 Å². The van der Waals surface area contributed by atoms with Crippen LogP contribution in [0.4, 0.5) is 10.2 Å². The summed E-state index contributed by atoms with van der Waals surface area (Å²) in [7, 11) is 3.51. The van der Waals surface area contributed by atoms with Gasteiger partial charge in [-0.3, -0.25) is 0 Å². The summed E-state index contributed by atoms with van der Waals surface area (Å²) in [4.78, 5) is 5.62. The standard InChI is InChI=1S/C10H13FN2O/c1-13(2)10-9(11)5-8(6-12-10)14-7-3-4-7/h5-7H,3-4H2,1-2H3. The number of anilines is 1. The molecule has 0 saturated heterocycles. The highest BCUT2D eigenvalue weighted by Crippen LogP contribution is 2.27. The van der Waals surface area contributed by atoms with Gasteiger partial charge in [0, 0.05) is 20.2 Å². The Balaban J connectivity index is 2.16. The molecule has 0 unspecified atom stereocenters. The first-order valence-corrected chi connectivity index (χ1v) is 4.66. The average Bonchev–Trinajstić information content (AvgIpc) is 2.87. The van der Waals surface area contributed by atoms with E-state index in [9.17, 15) is 4.39 Å². The fourth-order valence-electron chi connectivity index (χ4n) is 1.19. The minimum absolute atomic E-state index is 0.279. The molecule has 1 aliphatic rings. The van der Waals surface area contributed by atoms with Gasteiger partial charge in [-0.2, -0.15) is 0 Å². The Morgan fingerprint density at radius 1 is 1.50 bits per heavy atom. The minimum Gasteiger partial charge on any atom is -0.489 e. The molecular formula is C10H13FN2O. The summed E-state index contributed by atoms with van der Waals surface area (Å²) in [5.74, 6) is 0.525. The van der Waals surface area contributed by atoms with Gasteiger partial charge in [-0.25, -0.2) is 9.37 Å². The summed E-state index contributed by atoms with van der Waals surface area (Å²) in [6, 6.07) is 1.39. The van der Waals surface area contributed by atoms with Crippen LogP contribution in [0.5, 0.6) is 5.75 Å². The van der Waals surface area contributed by atoms with E-state index in [1.54, 1.807) is 25.2 Å². The van der Waals surface area contributed by atoms with Gasteiger partial charge in [0.25, 0.3) is 0 Å². The summed E-state index contributed by atoms with van der Waals surface area (Å²) in [6.45, 7) is 0. The van der Waals surface area contributed by atoms with Gasteiger partial charge in [0.05, 0.1) is 12.3 Å². The van der Waals surface area contributed by atoms with Crippen molar-refractivity contribution in [1.29, 1.82) is 0 Å². The first-order valence-electron chi connectivity index (χ1n) is 4.66. The summed E-state index contributed by atoms with van der Waals surface area (Å²) >= 11 is 0. The van der Waals surface area contributed by atoms with Crippen LogP contribution < -0.4 is 9.64 Å². The summed E-state index contributed by atoms with van der Waals surface area (Å²) < 4.78 is 18.8. The molecule has 76 valence electrons. The van der Waals surface area contributed by atoms with Crippen LogP contribution in [0.15, 0.2) is 12.3 Å². The number of nitrogens with zero attached hydrogens (tertiary/aromatic N) is 2. The van der Waals surface area contributed by atoms with Crippen LogP contribution in [0.1, 0.15) is 12.8 Å². The van der Waals surface area contributed by atoms with E-state index in [2.05, 4.69) is 4.98 Å². The molecule has 3 nitrogen and oxygen atoms in total. The molecule has 1 saturated carbocycles. The van der Waals surface area contributed by atoms with Crippen LogP contribution in [0.25, 0.3) is 0 Å². The molecule has 0 bridgehead atoms. The van der Waals surface area contributed by atoms with Crippen molar-refractivity contribution in [3.63, 3.8) is 0 Å². The van der Waals surface area contributed by atoms with Crippen molar-refractivity contribution in [3.8, 4) is 5.75 Å². The van der Waals surface area contributed by atoms with E-state index < -0.39 is 0 Å². The van der Waals surface area contributed by atoms with Crippen LogP contribution in [-0.2, 0) is 0 Å². The molecule has 1 aliphatic carbocycles. The Morgan fingerprint density at radius 2 is 2.21 bits per heavy atom. The van der Waals surface area contributed by atoms with Crippen LogP contribution in [-0.4, -0.2) is 25.2 Å². The molecule has 2 rings (SSSR count). The summed E-state index contributed by atoms with van der Waals surface area (Å²) in [5, 5.41) is 0. The van der Waals surface area contributed by atoms with E-state index in [-0.39, 0.29) is 11.9 Å². The van der Waals surface area contributed by atoms with E-state index in [1.807, 2.05) is 0 Å². The Bertz CT molecular complexity index is 337. The van der Waals surface area contributed by atoms with E-state index in [0.717, 1.165) is 12.8 Å². The molecule has 0 spiro atoms. The molecular weight excluding hydrogens is 183 g/mol. The second-order valence-electron chi connectivity index (χ2n) is 3.69. The Hall–Kier alpha value is -1.32. The number of rotatable bonds is 3. The van der Waals surface area contributed by atoms with Gasteiger partial charge >= 0.3 is 0 Å². The lowest BCUT2D eigenvalue weighted by Crippen LogP contribution is -2.12. The van der Waals surface area contributed by atoms with Crippen LogP contribution >= 0.6 is 0 Å². The first kappa shape index (κ1) is 9.24. The summed E-state index contributed by atoms with van der Waals surface area (Å²) in [5.41, 5.74) is 0. The van der Waals surface area contributed by atoms with Crippen molar-refractivity contribution >= 4 is 5.82 Å². The third-order valence-corrected chi connectivity index (χ3v) is 2.05. The smallest absolute Gasteiger partial charge is 0.169 e. The number of halogens is 1. The fraction of sp³-hybridized carbons (Fsp3) is 0.500. The highest BCUT2D eigenvalue weighted by molar-refractivity contribution is 5.41. The molecule has 0 atom stereocenters. The predicted octanol–water partition coefficient (Wildman–Crippen LogP) is 1.83. The Labute approximate surface area is 82.5 Å². The van der Waals surface area contributed by atoms with E-state index >= 15 is 0 Å². The van der Waals surface area contributed by atoms with Crippen molar-refractivity contribution in [3.05, 3.63) is 18.1 Å². The zero-order chi connectivity index (χ0) is 10.1. The number of aromatic nitrogens is 1. The molecule has 0 radical (unpaired) electrons. The zero-order valence-electron chi connectivity index (χ0n) is 8.33. The highest BCUT2D eigenvalue weighted by Gasteiger charge is 2.24. The maximum atomic E-state index is 13.4.